The molecule has 1 fully saturated rings. The maximum absolute atomic E-state index is 12.2. The van der Waals surface area contributed by atoms with Crippen LogP contribution >= 0.6 is 22.9 Å². The van der Waals surface area contributed by atoms with Crippen LogP contribution in [0.5, 0.6) is 5.75 Å². The molecule has 1 unspecified atom stereocenters. The number of rotatable bonds is 9. The molecule has 2 aliphatic rings. The SMILES string of the molecule is C[C@@H](Oc1cc(CCC2C=Nc3ccc(CN4CCN(C)CC4)cc3C2)sc1C(N)=O)c1ccccc1Cl. The van der Waals surface area contributed by atoms with E-state index in [0.29, 0.717) is 21.6 Å². The number of amides is 1. The summed E-state index contributed by atoms with van der Waals surface area (Å²) in [4.78, 5) is 23.4. The van der Waals surface area contributed by atoms with Gasteiger partial charge in [0.2, 0.25) is 0 Å². The van der Waals surface area contributed by atoms with Crippen LogP contribution in [0, 0.1) is 5.92 Å². The Hall–Kier alpha value is -2.71. The van der Waals surface area contributed by atoms with Gasteiger partial charge in [0.15, 0.2) is 0 Å². The fourth-order valence-corrected chi connectivity index (χ4v) is 6.43. The maximum atomic E-state index is 12.2. The van der Waals surface area contributed by atoms with Gasteiger partial charge in [0.05, 0.1) is 5.69 Å². The van der Waals surface area contributed by atoms with E-state index < -0.39 is 5.91 Å². The third-order valence-corrected chi connectivity index (χ3v) is 8.97. The number of likely N-dealkylation sites (N-methyl/N-ethyl adjacent to an activating group) is 1. The number of benzene rings is 2. The zero-order valence-corrected chi connectivity index (χ0v) is 23.6. The number of aliphatic imine (C=N–C) groups is 1. The van der Waals surface area contributed by atoms with E-state index in [4.69, 9.17) is 27.1 Å². The molecule has 1 saturated heterocycles. The van der Waals surface area contributed by atoms with Gasteiger partial charge in [-0.05, 0) is 68.5 Å². The van der Waals surface area contributed by atoms with Crippen molar-refractivity contribution in [2.45, 2.75) is 38.8 Å². The summed E-state index contributed by atoms with van der Waals surface area (Å²) < 4.78 is 6.17. The third kappa shape index (κ3) is 6.46. The molecule has 0 bridgehead atoms. The van der Waals surface area contributed by atoms with E-state index in [9.17, 15) is 4.79 Å². The topological polar surface area (TPSA) is 71.2 Å². The Morgan fingerprint density at radius 3 is 2.74 bits per heavy atom. The lowest BCUT2D eigenvalue weighted by Gasteiger charge is -2.32. The molecule has 8 heteroatoms. The first kappa shape index (κ1) is 26.9. The summed E-state index contributed by atoms with van der Waals surface area (Å²) in [5.41, 5.74) is 10.3. The first-order valence-corrected chi connectivity index (χ1v) is 14.5. The molecule has 200 valence electrons. The van der Waals surface area contributed by atoms with Crippen molar-refractivity contribution in [1.82, 2.24) is 9.80 Å². The molecule has 0 aliphatic carbocycles. The van der Waals surface area contributed by atoms with Crippen LogP contribution < -0.4 is 10.5 Å². The van der Waals surface area contributed by atoms with Gasteiger partial charge >= 0.3 is 0 Å². The molecular formula is C30H35ClN4O2S. The van der Waals surface area contributed by atoms with Gasteiger partial charge in [-0.15, -0.1) is 11.3 Å². The van der Waals surface area contributed by atoms with Crippen molar-refractivity contribution in [3.05, 3.63) is 80.0 Å². The Morgan fingerprint density at radius 2 is 1.97 bits per heavy atom. The molecule has 1 aromatic heterocycles. The summed E-state index contributed by atoms with van der Waals surface area (Å²) >= 11 is 7.76. The molecule has 0 saturated carbocycles. The van der Waals surface area contributed by atoms with Crippen LogP contribution in [-0.2, 0) is 19.4 Å². The Bertz CT molecular complexity index is 1320. The molecule has 2 N–H and O–H groups in total. The van der Waals surface area contributed by atoms with Crippen LogP contribution in [0.3, 0.4) is 0 Å². The van der Waals surface area contributed by atoms with Crippen LogP contribution in [0.2, 0.25) is 5.02 Å². The smallest absolute Gasteiger partial charge is 0.262 e. The van der Waals surface area contributed by atoms with E-state index in [-0.39, 0.29) is 6.10 Å². The zero-order chi connectivity index (χ0) is 26.6. The van der Waals surface area contributed by atoms with Gasteiger partial charge in [0.25, 0.3) is 5.91 Å². The van der Waals surface area contributed by atoms with Crippen molar-refractivity contribution >= 4 is 40.7 Å². The number of halogens is 1. The standard InChI is InChI=1S/C30H35ClN4O2S/c1-20(25-5-3-4-6-26(25)31)37-28-17-24(38-29(28)30(32)36)9-7-21-15-23-16-22(8-10-27(23)33-18-21)19-35-13-11-34(2)12-14-35/h3-6,8,10,16-18,20-21H,7,9,11-15,19H2,1-2H3,(H2,32,36)/t20-,21?/m1/s1. The lowest BCUT2D eigenvalue weighted by molar-refractivity contribution is 0.0998. The normalized spacial score (nSPS) is 18.8. The lowest BCUT2D eigenvalue weighted by Crippen LogP contribution is -2.43. The van der Waals surface area contributed by atoms with Crippen molar-refractivity contribution in [2.24, 2.45) is 16.6 Å². The molecule has 0 spiro atoms. The van der Waals surface area contributed by atoms with Gasteiger partial charge in [0.1, 0.15) is 16.7 Å². The minimum absolute atomic E-state index is 0.300. The first-order chi connectivity index (χ1) is 18.4. The van der Waals surface area contributed by atoms with Crippen molar-refractivity contribution in [1.29, 1.82) is 0 Å². The van der Waals surface area contributed by atoms with E-state index >= 15 is 0 Å². The zero-order valence-electron chi connectivity index (χ0n) is 22.0. The molecule has 2 aromatic carbocycles. The second-order valence-electron chi connectivity index (χ2n) is 10.4. The molecule has 5 rings (SSSR count). The number of carbonyl (C=O) groups is 1. The number of nitrogens with zero attached hydrogens (tertiary/aromatic N) is 3. The third-order valence-electron chi connectivity index (χ3n) is 7.43. The summed E-state index contributed by atoms with van der Waals surface area (Å²) in [6.45, 7) is 7.41. The summed E-state index contributed by atoms with van der Waals surface area (Å²) in [7, 11) is 2.19. The average Bonchev–Trinajstić information content (AvgIpc) is 3.31. The molecule has 3 aromatic rings. The largest absolute Gasteiger partial charge is 0.484 e. The highest BCUT2D eigenvalue weighted by atomic mass is 35.5. The predicted molar refractivity (Wildman–Crippen MR) is 156 cm³/mol. The Kier molecular flexibility index (Phi) is 8.48. The highest BCUT2D eigenvalue weighted by Gasteiger charge is 2.22. The number of fused-ring (bicyclic) bond motifs is 1. The van der Waals surface area contributed by atoms with Crippen LogP contribution in [0.1, 0.15) is 50.7 Å². The summed E-state index contributed by atoms with van der Waals surface area (Å²) in [5, 5.41) is 0.639. The van der Waals surface area contributed by atoms with E-state index in [1.807, 2.05) is 37.3 Å². The Balaban J connectivity index is 1.21. The van der Waals surface area contributed by atoms with Crippen molar-refractivity contribution in [3.8, 4) is 5.75 Å². The van der Waals surface area contributed by atoms with E-state index in [2.05, 4.69) is 41.3 Å². The fraction of sp³-hybridized carbons (Fsp3) is 0.400. The maximum Gasteiger partial charge on any atom is 0.262 e. The van der Waals surface area contributed by atoms with Crippen LogP contribution in [0.25, 0.3) is 0 Å². The molecule has 38 heavy (non-hydrogen) atoms. The van der Waals surface area contributed by atoms with Crippen molar-refractivity contribution in [3.63, 3.8) is 0 Å². The molecule has 1 amide bonds. The quantitative estimate of drug-likeness (QED) is 0.360. The molecule has 3 heterocycles. The van der Waals surface area contributed by atoms with E-state index in [0.717, 1.165) is 68.1 Å². The minimum Gasteiger partial charge on any atom is -0.484 e. The number of ether oxygens (including phenoxy) is 1. The average molecular weight is 551 g/mol. The summed E-state index contributed by atoms with van der Waals surface area (Å²) in [6, 6.07) is 16.3. The number of aryl methyl sites for hydroxylation is 1. The number of primary amides is 1. The molecule has 2 aliphatic heterocycles. The number of nitrogens with two attached hydrogens (primary N) is 1. The van der Waals surface area contributed by atoms with Gasteiger partial charge < -0.3 is 15.4 Å². The molecule has 6 nitrogen and oxygen atoms in total. The summed E-state index contributed by atoms with van der Waals surface area (Å²) in [6.07, 6.45) is 4.55. The molecule has 0 radical (unpaired) electrons. The monoisotopic (exact) mass is 550 g/mol. The number of piperazine rings is 1. The van der Waals surface area contributed by atoms with E-state index in [1.54, 1.807) is 0 Å². The second-order valence-corrected chi connectivity index (χ2v) is 11.9. The Labute approximate surface area is 234 Å². The highest BCUT2D eigenvalue weighted by Crippen LogP contribution is 2.36. The second kappa shape index (κ2) is 12.0. The van der Waals surface area contributed by atoms with Crippen LogP contribution in [0.15, 0.2) is 53.5 Å². The van der Waals surface area contributed by atoms with Crippen LogP contribution in [0.4, 0.5) is 5.69 Å². The minimum atomic E-state index is -0.469. The van der Waals surface area contributed by atoms with Crippen molar-refractivity contribution in [2.75, 3.05) is 33.2 Å². The fourth-order valence-electron chi connectivity index (χ4n) is 5.18. The summed E-state index contributed by atoms with van der Waals surface area (Å²) in [5.74, 6) is 0.414. The van der Waals surface area contributed by atoms with Gasteiger partial charge in [-0.3, -0.25) is 14.7 Å². The lowest BCUT2D eigenvalue weighted by atomic mass is 9.91. The number of hydrogen-bond acceptors (Lipinski definition) is 6. The van der Waals surface area contributed by atoms with Gasteiger partial charge in [0, 0.05) is 54.4 Å². The molecule has 2 atom stereocenters. The molecular weight excluding hydrogens is 516 g/mol. The Morgan fingerprint density at radius 1 is 1.18 bits per heavy atom. The van der Waals surface area contributed by atoms with E-state index in [1.165, 1.54) is 22.5 Å². The van der Waals surface area contributed by atoms with Gasteiger partial charge in [-0.2, -0.15) is 0 Å². The van der Waals surface area contributed by atoms with Crippen LogP contribution in [-0.4, -0.2) is 55.1 Å². The first-order valence-electron chi connectivity index (χ1n) is 13.3. The predicted octanol–water partition coefficient (Wildman–Crippen LogP) is 5.90. The highest BCUT2D eigenvalue weighted by molar-refractivity contribution is 7.14. The number of thiophene rings is 1. The van der Waals surface area contributed by atoms with Gasteiger partial charge in [-0.25, -0.2) is 0 Å². The van der Waals surface area contributed by atoms with Gasteiger partial charge in [-0.1, -0.05) is 41.9 Å². The number of hydrogen-bond donors (Lipinski definition) is 1. The number of carbonyl (C=O) groups excluding carboxylic acids is 1. The van der Waals surface area contributed by atoms with Crippen molar-refractivity contribution < 1.29 is 9.53 Å².